The van der Waals surface area contributed by atoms with Crippen molar-refractivity contribution >= 4 is 27.2 Å². The quantitative estimate of drug-likeness (QED) is 0.705. The molecular formula is C9H16N2O2S2. The highest BCUT2D eigenvalue weighted by molar-refractivity contribution is 7.91. The van der Waals surface area contributed by atoms with E-state index in [-0.39, 0.29) is 23.6 Å². The van der Waals surface area contributed by atoms with Gasteiger partial charge in [-0.2, -0.15) is 0 Å². The predicted octanol–water partition coefficient (Wildman–Crippen LogP) is 0.141. The highest BCUT2D eigenvalue weighted by atomic mass is 32.2. The van der Waals surface area contributed by atoms with Crippen LogP contribution >= 0.6 is 12.2 Å². The lowest BCUT2D eigenvalue weighted by molar-refractivity contribution is 0.279. The van der Waals surface area contributed by atoms with Gasteiger partial charge in [0.05, 0.1) is 23.6 Å². The van der Waals surface area contributed by atoms with Crippen LogP contribution in [0.1, 0.15) is 20.3 Å². The van der Waals surface area contributed by atoms with Crippen molar-refractivity contribution in [3.8, 4) is 0 Å². The van der Waals surface area contributed by atoms with Gasteiger partial charge in [0.2, 0.25) is 0 Å². The van der Waals surface area contributed by atoms with Gasteiger partial charge in [-0.1, -0.05) is 6.92 Å². The van der Waals surface area contributed by atoms with Crippen LogP contribution in [0.3, 0.4) is 0 Å². The first kappa shape index (κ1) is 11.1. The summed E-state index contributed by atoms with van der Waals surface area (Å²) in [5.74, 6) is 0.472. The summed E-state index contributed by atoms with van der Waals surface area (Å²) in [7, 11) is -2.87. The largest absolute Gasteiger partial charge is 0.357 e. The van der Waals surface area contributed by atoms with Gasteiger partial charge < -0.3 is 10.2 Å². The smallest absolute Gasteiger partial charge is 0.169 e. The van der Waals surface area contributed by atoms with Crippen molar-refractivity contribution in [2.75, 3.05) is 11.5 Å². The Kier molecular flexibility index (Phi) is 2.66. The summed E-state index contributed by atoms with van der Waals surface area (Å²) in [6.45, 7) is 4.17. The van der Waals surface area contributed by atoms with Crippen molar-refractivity contribution in [2.24, 2.45) is 0 Å². The van der Waals surface area contributed by atoms with Gasteiger partial charge in [0.1, 0.15) is 0 Å². The topological polar surface area (TPSA) is 49.4 Å². The van der Waals surface area contributed by atoms with Gasteiger partial charge in [0, 0.05) is 6.04 Å². The normalized spacial score (nSPS) is 35.1. The average Bonchev–Trinajstić information content (AvgIpc) is 2.54. The lowest BCUT2D eigenvalue weighted by atomic mass is 10.1. The maximum Gasteiger partial charge on any atom is 0.169 e. The second-order valence-electron chi connectivity index (χ2n) is 4.36. The molecular weight excluding hydrogens is 232 g/mol. The summed E-state index contributed by atoms with van der Waals surface area (Å²) in [4.78, 5) is 2.06. The van der Waals surface area contributed by atoms with E-state index < -0.39 is 9.84 Å². The highest BCUT2D eigenvalue weighted by Crippen LogP contribution is 2.26. The minimum Gasteiger partial charge on any atom is -0.357 e. The molecule has 0 aromatic carbocycles. The molecule has 0 aromatic heterocycles. The number of nitrogens with zero attached hydrogens (tertiary/aromatic N) is 1. The van der Waals surface area contributed by atoms with Gasteiger partial charge >= 0.3 is 0 Å². The Balaban J connectivity index is 2.23. The fraction of sp³-hybridized carbons (Fsp3) is 0.889. The summed E-state index contributed by atoms with van der Waals surface area (Å²) < 4.78 is 23.0. The molecule has 2 heterocycles. The lowest BCUT2D eigenvalue weighted by Crippen LogP contribution is -2.42. The van der Waals surface area contributed by atoms with E-state index in [1.165, 1.54) is 0 Å². The van der Waals surface area contributed by atoms with E-state index in [9.17, 15) is 8.42 Å². The molecule has 0 bridgehead atoms. The SMILES string of the molecule is CC[C@H](C)N1C(=S)N[C@@H]2CS(=O)(=O)C[C@@H]21. The van der Waals surface area contributed by atoms with E-state index in [1.54, 1.807) is 0 Å². The molecule has 0 aliphatic carbocycles. The van der Waals surface area contributed by atoms with Crippen molar-refractivity contribution in [3.05, 3.63) is 0 Å². The zero-order chi connectivity index (χ0) is 11.2. The van der Waals surface area contributed by atoms with Crippen molar-refractivity contribution < 1.29 is 8.42 Å². The fourth-order valence-electron chi connectivity index (χ4n) is 2.35. The van der Waals surface area contributed by atoms with Gasteiger partial charge in [-0.3, -0.25) is 0 Å². The van der Waals surface area contributed by atoms with E-state index in [1.807, 2.05) is 0 Å². The maximum atomic E-state index is 11.5. The van der Waals surface area contributed by atoms with E-state index in [4.69, 9.17) is 12.2 Å². The average molecular weight is 248 g/mol. The second kappa shape index (κ2) is 3.59. The van der Waals surface area contributed by atoms with Crippen LogP contribution in [0.25, 0.3) is 0 Å². The highest BCUT2D eigenvalue weighted by Gasteiger charge is 2.47. The Morgan fingerprint density at radius 3 is 2.87 bits per heavy atom. The first-order valence-corrected chi connectivity index (χ1v) is 7.47. The number of thiocarbonyl (C=S) groups is 1. The third-order valence-corrected chi connectivity index (χ3v) is 5.33. The van der Waals surface area contributed by atoms with Gasteiger partial charge in [0.25, 0.3) is 0 Å². The van der Waals surface area contributed by atoms with Crippen molar-refractivity contribution in [1.82, 2.24) is 10.2 Å². The molecule has 0 amide bonds. The molecule has 4 nitrogen and oxygen atoms in total. The minimum absolute atomic E-state index is 0.0106. The number of fused-ring (bicyclic) bond motifs is 1. The Labute approximate surface area is 95.9 Å². The van der Waals surface area contributed by atoms with Gasteiger partial charge in [-0.25, -0.2) is 8.42 Å². The first-order chi connectivity index (χ1) is 6.94. The van der Waals surface area contributed by atoms with Crippen molar-refractivity contribution in [1.29, 1.82) is 0 Å². The Morgan fingerprint density at radius 1 is 1.60 bits per heavy atom. The third kappa shape index (κ3) is 1.85. The van der Waals surface area contributed by atoms with Crippen LogP contribution < -0.4 is 5.32 Å². The molecule has 2 fully saturated rings. The van der Waals surface area contributed by atoms with Crippen LogP contribution in [0.5, 0.6) is 0 Å². The van der Waals surface area contributed by atoms with E-state index in [0.717, 1.165) is 6.42 Å². The first-order valence-electron chi connectivity index (χ1n) is 5.24. The number of hydrogen-bond acceptors (Lipinski definition) is 3. The Morgan fingerprint density at radius 2 is 2.27 bits per heavy atom. The molecule has 3 atom stereocenters. The molecule has 2 rings (SSSR count). The third-order valence-electron chi connectivity index (χ3n) is 3.29. The van der Waals surface area contributed by atoms with Crippen LogP contribution in [0.4, 0.5) is 0 Å². The molecule has 0 radical (unpaired) electrons. The predicted molar refractivity (Wildman–Crippen MR) is 63.6 cm³/mol. The number of rotatable bonds is 2. The van der Waals surface area contributed by atoms with Crippen LogP contribution in [0, 0.1) is 0 Å². The van der Waals surface area contributed by atoms with Gasteiger partial charge in [-0.05, 0) is 25.6 Å². The van der Waals surface area contributed by atoms with Gasteiger partial charge in [0.15, 0.2) is 14.9 Å². The molecule has 6 heteroatoms. The Bertz CT molecular complexity index is 380. The zero-order valence-corrected chi connectivity index (χ0v) is 10.6. The second-order valence-corrected chi connectivity index (χ2v) is 6.91. The summed E-state index contributed by atoms with van der Waals surface area (Å²) in [5.41, 5.74) is 0. The van der Waals surface area contributed by atoms with E-state index in [0.29, 0.717) is 11.2 Å². The van der Waals surface area contributed by atoms with Gasteiger partial charge in [-0.15, -0.1) is 0 Å². The molecule has 0 spiro atoms. The number of nitrogens with one attached hydrogen (secondary N) is 1. The van der Waals surface area contributed by atoms with Crippen molar-refractivity contribution in [3.63, 3.8) is 0 Å². The molecule has 15 heavy (non-hydrogen) atoms. The molecule has 1 N–H and O–H groups in total. The molecule has 0 saturated carbocycles. The molecule has 2 saturated heterocycles. The minimum atomic E-state index is -2.87. The standard InChI is InChI=1S/C9H16N2O2S2/c1-3-6(2)11-8-5-15(12,13)4-7(8)10-9(11)14/h6-8H,3-5H2,1-2H3,(H,10,14)/t6-,7+,8-/m0/s1. The maximum absolute atomic E-state index is 11.5. The number of sulfone groups is 1. The summed E-state index contributed by atoms with van der Waals surface area (Å²) >= 11 is 5.23. The van der Waals surface area contributed by atoms with Crippen molar-refractivity contribution in [2.45, 2.75) is 38.4 Å². The summed E-state index contributed by atoms with van der Waals surface area (Å²) in [5, 5.41) is 3.83. The Hall–Kier alpha value is -0.360. The summed E-state index contributed by atoms with van der Waals surface area (Å²) in [6.07, 6.45) is 0.977. The molecule has 2 aliphatic rings. The lowest BCUT2D eigenvalue weighted by Gasteiger charge is -2.29. The molecule has 0 aromatic rings. The summed E-state index contributed by atoms with van der Waals surface area (Å²) in [6, 6.07) is 0.377. The van der Waals surface area contributed by atoms with Crippen LogP contribution in [0.2, 0.25) is 0 Å². The molecule has 0 unspecified atom stereocenters. The number of hydrogen-bond donors (Lipinski definition) is 1. The molecule has 86 valence electrons. The van der Waals surface area contributed by atoms with E-state index >= 15 is 0 Å². The molecule has 2 aliphatic heterocycles. The van der Waals surface area contributed by atoms with Crippen LogP contribution in [-0.4, -0.2) is 48.1 Å². The van der Waals surface area contributed by atoms with Crippen LogP contribution in [0.15, 0.2) is 0 Å². The van der Waals surface area contributed by atoms with E-state index in [2.05, 4.69) is 24.1 Å². The zero-order valence-electron chi connectivity index (χ0n) is 8.93. The fourth-order valence-corrected chi connectivity index (χ4v) is 4.72. The monoisotopic (exact) mass is 248 g/mol. The van der Waals surface area contributed by atoms with Crippen LogP contribution in [-0.2, 0) is 9.84 Å².